The standard InChI is InChI=1S/C17H17N5O/c1-13(15-7-9-18-10-8-15)19-17(23)16-12-22(21-20-16)11-14-5-3-2-4-6-14/h2-10,12-13H,11H2,1H3,(H,19,23). The van der Waals surface area contributed by atoms with Crippen molar-refractivity contribution >= 4 is 5.91 Å². The summed E-state index contributed by atoms with van der Waals surface area (Å²) in [5, 5.41) is 10.9. The molecule has 0 aliphatic rings. The highest BCUT2D eigenvalue weighted by molar-refractivity contribution is 5.92. The van der Waals surface area contributed by atoms with Crippen molar-refractivity contribution in [2.45, 2.75) is 19.5 Å². The van der Waals surface area contributed by atoms with E-state index in [0.29, 0.717) is 12.2 Å². The maximum atomic E-state index is 12.3. The van der Waals surface area contributed by atoms with E-state index in [-0.39, 0.29) is 11.9 Å². The van der Waals surface area contributed by atoms with Crippen LogP contribution < -0.4 is 5.32 Å². The van der Waals surface area contributed by atoms with E-state index in [9.17, 15) is 4.79 Å². The molecule has 1 aromatic carbocycles. The molecule has 0 saturated heterocycles. The topological polar surface area (TPSA) is 72.7 Å². The maximum absolute atomic E-state index is 12.3. The predicted octanol–water partition coefficient (Wildman–Crippen LogP) is 2.21. The fraction of sp³-hybridized carbons (Fsp3) is 0.176. The quantitative estimate of drug-likeness (QED) is 0.784. The van der Waals surface area contributed by atoms with Gasteiger partial charge in [-0.15, -0.1) is 5.10 Å². The molecule has 6 heteroatoms. The lowest BCUT2D eigenvalue weighted by atomic mass is 10.1. The van der Waals surface area contributed by atoms with Crippen molar-refractivity contribution < 1.29 is 4.79 Å². The third-order valence-electron chi connectivity index (χ3n) is 3.51. The predicted molar refractivity (Wildman–Crippen MR) is 85.7 cm³/mol. The van der Waals surface area contributed by atoms with Gasteiger partial charge in [0.05, 0.1) is 18.8 Å². The van der Waals surface area contributed by atoms with E-state index in [0.717, 1.165) is 11.1 Å². The van der Waals surface area contributed by atoms with Crippen molar-refractivity contribution in [2.75, 3.05) is 0 Å². The van der Waals surface area contributed by atoms with Gasteiger partial charge in [-0.1, -0.05) is 35.5 Å². The number of carbonyl (C=O) groups excluding carboxylic acids is 1. The summed E-state index contributed by atoms with van der Waals surface area (Å²) >= 11 is 0. The molecule has 23 heavy (non-hydrogen) atoms. The van der Waals surface area contributed by atoms with Gasteiger partial charge in [0.1, 0.15) is 0 Å². The number of benzene rings is 1. The van der Waals surface area contributed by atoms with Crippen LogP contribution in [0.3, 0.4) is 0 Å². The van der Waals surface area contributed by atoms with Gasteiger partial charge in [0.15, 0.2) is 5.69 Å². The van der Waals surface area contributed by atoms with E-state index >= 15 is 0 Å². The van der Waals surface area contributed by atoms with Crippen LogP contribution in [0.1, 0.15) is 34.6 Å². The van der Waals surface area contributed by atoms with Gasteiger partial charge in [-0.2, -0.15) is 0 Å². The lowest BCUT2D eigenvalue weighted by molar-refractivity contribution is 0.0934. The van der Waals surface area contributed by atoms with Gasteiger partial charge in [-0.05, 0) is 30.2 Å². The molecule has 0 saturated carbocycles. The summed E-state index contributed by atoms with van der Waals surface area (Å²) in [5.74, 6) is -0.242. The van der Waals surface area contributed by atoms with Crippen LogP contribution in [0.25, 0.3) is 0 Å². The Labute approximate surface area is 134 Å². The van der Waals surface area contributed by atoms with Crippen molar-refractivity contribution in [3.8, 4) is 0 Å². The van der Waals surface area contributed by atoms with Crippen LogP contribution in [0.4, 0.5) is 0 Å². The molecule has 0 aliphatic carbocycles. The molecule has 3 aromatic rings. The molecule has 0 radical (unpaired) electrons. The summed E-state index contributed by atoms with van der Waals surface area (Å²) in [6, 6.07) is 13.5. The van der Waals surface area contributed by atoms with Gasteiger partial charge in [-0.3, -0.25) is 9.78 Å². The summed E-state index contributed by atoms with van der Waals surface area (Å²) in [7, 11) is 0. The molecule has 0 spiro atoms. The highest BCUT2D eigenvalue weighted by atomic mass is 16.2. The minimum Gasteiger partial charge on any atom is -0.344 e. The molecule has 0 fully saturated rings. The van der Waals surface area contributed by atoms with Crippen molar-refractivity contribution in [1.82, 2.24) is 25.3 Å². The molecule has 1 amide bonds. The Bertz CT molecular complexity index is 770. The first kappa shape index (κ1) is 14.9. The molecule has 0 bridgehead atoms. The van der Waals surface area contributed by atoms with Crippen LogP contribution in [0.5, 0.6) is 0 Å². The number of nitrogens with zero attached hydrogens (tertiary/aromatic N) is 4. The lowest BCUT2D eigenvalue weighted by Gasteiger charge is -2.12. The van der Waals surface area contributed by atoms with Gasteiger partial charge in [-0.25, -0.2) is 4.68 Å². The normalized spacial score (nSPS) is 11.9. The number of aromatic nitrogens is 4. The molecular formula is C17H17N5O. The van der Waals surface area contributed by atoms with E-state index in [1.807, 2.05) is 49.4 Å². The summed E-state index contributed by atoms with van der Waals surface area (Å²) in [6.45, 7) is 2.50. The number of amides is 1. The molecule has 2 aromatic heterocycles. The number of pyridine rings is 1. The minimum atomic E-state index is -0.242. The molecule has 6 nitrogen and oxygen atoms in total. The van der Waals surface area contributed by atoms with Gasteiger partial charge < -0.3 is 5.32 Å². The molecule has 0 aliphatic heterocycles. The van der Waals surface area contributed by atoms with E-state index in [2.05, 4.69) is 20.6 Å². The van der Waals surface area contributed by atoms with Gasteiger partial charge >= 0.3 is 0 Å². The van der Waals surface area contributed by atoms with Crippen LogP contribution in [0.2, 0.25) is 0 Å². The highest BCUT2D eigenvalue weighted by Gasteiger charge is 2.14. The van der Waals surface area contributed by atoms with E-state index in [4.69, 9.17) is 0 Å². The van der Waals surface area contributed by atoms with Crippen molar-refractivity contribution in [1.29, 1.82) is 0 Å². The second kappa shape index (κ2) is 6.83. The van der Waals surface area contributed by atoms with E-state index in [1.165, 1.54) is 0 Å². The minimum absolute atomic E-state index is 0.121. The Kier molecular flexibility index (Phi) is 4.42. The zero-order valence-electron chi connectivity index (χ0n) is 12.8. The molecule has 2 heterocycles. The van der Waals surface area contributed by atoms with Crippen molar-refractivity contribution in [3.63, 3.8) is 0 Å². The number of hydrogen-bond donors (Lipinski definition) is 1. The molecule has 1 atom stereocenters. The average Bonchev–Trinajstić information content (AvgIpc) is 3.05. The molecule has 1 unspecified atom stereocenters. The number of nitrogens with one attached hydrogen (secondary N) is 1. The first-order chi connectivity index (χ1) is 11.2. The fourth-order valence-corrected chi connectivity index (χ4v) is 2.26. The Morgan fingerprint density at radius 2 is 1.91 bits per heavy atom. The van der Waals surface area contributed by atoms with Crippen molar-refractivity contribution in [2.24, 2.45) is 0 Å². The number of carbonyl (C=O) groups is 1. The first-order valence-corrected chi connectivity index (χ1v) is 7.37. The van der Waals surface area contributed by atoms with E-state index in [1.54, 1.807) is 23.3 Å². The summed E-state index contributed by atoms with van der Waals surface area (Å²) < 4.78 is 1.65. The average molecular weight is 307 g/mol. The van der Waals surface area contributed by atoms with Gasteiger partial charge in [0, 0.05) is 12.4 Å². The van der Waals surface area contributed by atoms with Crippen molar-refractivity contribution in [3.05, 3.63) is 77.9 Å². The SMILES string of the molecule is CC(NC(=O)c1cn(Cc2ccccc2)nn1)c1ccncc1. The third kappa shape index (κ3) is 3.79. The van der Waals surface area contributed by atoms with Crippen LogP contribution in [-0.2, 0) is 6.54 Å². The van der Waals surface area contributed by atoms with Gasteiger partial charge in [0.25, 0.3) is 5.91 Å². The molecular weight excluding hydrogens is 290 g/mol. The second-order valence-electron chi connectivity index (χ2n) is 5.26. The van der Waals surface area contributed by atoms with E-state index < -0.39 is 0 Å². The zero-order valence-corrected chi connectivity index (χ0v) is 12.8. The maximum Gasteiger partial charge on any atom is 0.273 e. The largest absolute Gasteiger partial charge is 0.344 e. The lowest BCUT2D eigenvalue weighted by Crippen LogP contribution is -2.27. The third-order valence-corrected chi connectivity index (χ3v) is 3.51. The monoisotopic (exact) mass is 307 g/mol. The van der Waals surface area contributed by atoms with Gasteiger partial charge in [0.2, 0.25) is 0 Å². The van der Waals surface area contributed by atoms with Crippen LogP contribution in [0, 0.1) is 0 Å². The number of hydrogen-bond acceptors (Lipinski definition) is 4. The zero-order chi connectivity index (χ0) is 16.1. The Balaban J connectivity index is 1.64. The Hall–Kier alpha value is -3.02. The smallest absolute Gasteiger partial charge is 0.273 e. The Morgan fingerprint density at radius 1 is 1.17 bits per heavy atom. The summed E-state index contributed by atoms with van der Waals surface area (Å²) in [6.07, 6.45) is 5.06. The van der Waals surface area contributed by atoms with Crippen LogP contribution >= 0.6 is 0 Å². The van der Waals surface area contributed by atoms with Crippen LogP contribution in [0.15, 0.2) is 61.1 Å². The summed E-state index contributed by atoms with van der Waals surface area (Å²) in [5.41, 5.74) is 2.40. The molecule has 3 rings (SSSR count). The first-order valence-electron chi connectivity index (χ1n) is 7.37. The fourth-order valence-electron chi connectivity index (χ4n) is 2.26. The molecule has 116 valence electrons. The second-order valence-corrected chi connectivity index (χ2v) is 5.26. The molecule has 1 N–H and O–H groups in total. The number of rotatable bonds is 5. The van der Waals surface area contributed by atoms with Crippen LogP contribution in [-0.4, -0.2) is 25.9 Å². The highest BCUT2D eigenvalue weighted by Crippen LogP contribution is 2.11. The Morgan fingerprint density at radius 3 is 2.65 bits per heavy atom. The summed E-state index contributed by atoms with van der Waals surface area (Å²) in [4.78, 5) is 16.2.